The molecule has 2 aliphatic heterocycles. The number of nitrogens with one attached hydrogen (secondary N) is 2. The van der Waals surface area contributed by atoms with Crippen LogP contribution in [0.2, 0.25) is 0 Å². The van der Waals surface area contributed by atoms with E-state index in [1.165, 1.54) is 22.2 Å². The van der Waals surface area contributed by atoms with Crippen molar-refractivity contribution in [2.75, 3.05) is 35.6 Å². The molecule has 2 heterocycles. The first kappa shape index (κ1) is 22.7. The molecule has 0 aromatic rings. The third-order valence-corrected chi connectivity index (χ3v) is 11.5. The number of carbonyl (C=O) groups excluding carboxylic acids is 1. The molecule has 0 bridgehead atoms. The maximum atomic E-state index is 12.0. The Labute approximate surface area is 172 Å². The van der Waals surface area contributed by atoms with Crippen molar-refractivity contribution in [1.29, 1.82) is 0 Å². The summed E-state index contributed by atoms with van der Waals surface area (Å²) in [5.74, 6) is 4.85. The first-order valence-corrected chi connectivity index (χ1v) is 14.6. The zero-order chi connectivity index (χ0) is 17.9. The molecule has 2 aliphatic rings. The third kappa shape index (κ3) is 9.94. The topological polar surface area (TPSA) is 61.4 Å². The van der Waals surface area contributed by atoms with Crippen LogP contribution in [0.1, 0.15) is 19.3 Å². The normalized spacial score (nSPS) is 23.8. The van der Waals surface area contributed by atoms with Crippen molar-refractivity contribution in [3.05, 3.63) is 10.3 Å². The number of carbonyl (C=O) groups is 1. The van der Waals surface area contributed by atoms with Crippen LogP contribution in [-0.4, -0.2) is 63.1 Å². The monoisotopic (exact) mass is 458 g/mol. The van der Waals surface area contributed by atoms with E-state index >= 15 is 0 Å². The van der Waals surface area contributed by atoms with Crippen LogP contribution in [0, 0.1) is 0 Å². The summed E-state index contributed by atoms with van der Waals surface area (Å²) in [4.78, 5) is 12.0. The lowest BCUT2D eigenvalue weighted by molar-refractivity contribution is -0.120. The summed E-state index contributed by atoms with van der Waals surface area (Å²) in [7, 11) is 3.35. The zero-order valence-electron chi connectivity index (χ0n) is 14.2. The smallest absolute Gasteiger partial charge is 0.222 e. The average Bonchev–Trinajstić information content (AvgIpc) is 2.62. The van der Waals surface area contributed by atoms with Gasteiger partial charge in [-0.15, -0.1) is 56.3 Å². The Bertz CT molecular complexity index is 430. The number of aliphatic hydroxyl groups is 1. The van der Waals surface area contributed by atoms with Crippen molar-refractivity contribution in [3.8, 4) is 0 Å². The van der Waals surface area contributed by atoms with Crippen molar-refractivity contribution in [2.45, 2.75) is 35.7 Å². The molecule has 3 atom stereocenters. The Kier molecular flexibility index (Phi) is 12.3. The molecule has 0 aliphatic carbocycles. The van der Waals surface area contributed by atoms with E-state index in [2.05, 4.69) is 25.9 Å². The largest absolute Gasteiger partial charge is 0.378 e. The summed E-state index contributed by atoms with van der Waals surface area (Å²) in [6, 6.07) is 0. The van der Waals surface area contributed by atoms with Crippen LogP contribution in [0.4, 0.5) is 0 Å². The number of rotatable bonds is 9. The van der Waals surface area contributed by atoms with Crippen LogP contribution in [0.25, 0.3) is 0 Å². The van der Waals surface area contributed by atoms with Crippen molar-refractivity contribution in [3.63, 3.8) is 0 Å². The summed E-state index contributed by atoms with van der Waals surface area (Å²) in [5, 5.41) is 15.8. The van der Waals surface area contributed by atoms with Gasteiger partial charge in [0, 0.05) is 41.2 Å². The van der Waals surface area contributed by atoms with Gasteiger partial charge >= 0.3 is 0 Å². The minimum absolute atomic E-state index is 0.215. The fourth-order valence-electron chi connectivity index (χ4n) is 2.29. The molecule has 3 unspecified atom stereocenters. The Morgan fingerprint density at radius 3 is 2.76 bits per heavy atom. The highest BCUT2D eigenvalue weighted by atomic mass is 32.2. The maximum absolute atomic E-state index is 12.0. The van der Waals surface area contributed by atoms with E-state index in [1.807, 2.05) is 47.0 Å². The summed E-state index contributed by atoms with van der Waals surface area (Å²) >= 11 is 7.63. The average molecular weight is 459 g/mol. The fourth-order valence-corrected chi connectivity index (χ4v) is 9.71. The molecule has 25 heavy (non-hydrogen) atoms. The minimum Gasteiger partial charge on any atom is -0.378 e. The van der Waals surface area contributed by atoms with E-state index in [-0.39, 0.29) is 5.91 Å². The lowest BCUT2D eigenvalue weighted by Crippen LogP contribution is -2.27. The Morgan fingerprint density at radius 1 is 1.36 bits per heavy atom. The van der Waals surface area contributed by atoms with Gasteiger partial charge in [0.1, 0.15) is 6.23 Å². The molecule has 0 spiro atoms. The van der Waals surface area contributed by atoms with E-state index < -0.39 is 6.23 Å². The molecule has 3 N–H and O–H groups in total. The molecule has 144 valence electrons. The van der Waals surface area contributed by atoms with E-state index in [1.54, 1.807) is 0 Å². The van der Waals surface area contributed by atoms with Gasteiger partial charge in [-0.05, 0) is 23.6 Å². The first-order valence-electron chi connectivity index (χ1n) is 8.48. The Balaban J connectivity index is 1.54. The van der Waals surface area contributed by atoms with E-state index in [4.69, 9.17) is 0 Å². The van der Waals surface area contributed by atoms with Gasteiger partial charge in [0.2, 0.25) is 5.91 Å². The van der Waals surface area contributed by atoms with Crippen molar-refractivity contribution < 1.29 is 9.90 Å². The zero-order valence-corrected chi connectivity index (χ0v) is 19.7. The van der Waals surface area contributed by atoms with E-state index in [0.29, 0.717) is 29.4 Å². The summed E-state index contributed by atoms with van der Waals surface area (Å²) in [5.41, 5.74) is 0.681. The van der Waals surface area contributed by atoms with Gasteiger partial charge in [-0.1, -0.05) is 14.7 Å². The fraction of sp³-hybridized carbons (Fsp3) is 0.800. The highest BCUT2D eigenvalue weighted by Gasteiger charge is 2.20. The van der Waals surface area contributed by atoms with Crippen LogP contribution >= 0.6 is 64.9 Å². The van der Waals surface area contributed by atoms with Crippen LogP contribution < -0.4 is 10.6 Å². The maximum Gasteiger partial charge on any atom is 0.222 e. The summed E-state index contributed by atoms with van der Waals surface area (Å²) in [6.07, 6.45) is 5.79. The molecule has 0 aromatic carbocycles. The molecule has 0 aromatic heterocycles. The quantitative estimate of drug-likeness (QED) is 0.362. The van der Waals surface area contributed by atoms with Gasteiger partial charge in [-0.25, -0.2) is 0 Å². The van der Waals surface area contributed by atoms with Gasteiger partial charge in [0.05, 0.1) is 4.58 Å². The van der Waals surface area contributed by atoms with Gasteiger partial charge in [-0.2, -0.15) is 0 Å². The molecule has 0 radical (unpaired) electrons. The van der Waals surface area contributed by atoms with Crippen LogP contribution in [-0.2, 0) is 4.79 Å². The Hall–Kier alpha value is 1.39. The molecule has 2 rings (SSSR count). The van der Waals surface area contributed by atoms with Gasteiger partial charge in [0.15, 0.2) is 0 Å². The minimum atomic E-state index is -0.457. The first-order chi connectivity index (χ1) is 12.2. The standard InChI is InChI=1S/C15H28N2O2P2S4/c18-12(16-9-20)2-3-14-24-7-11(8-25-14)21-10-17-13(19)6-15-22-4-1-5-23-15/h3,11-12,15-16,18,21H,1-2,4-10,20H2,(H,17,19). The molecule has 10 heteroatoms. The van der Waals surface area contributed by atoms with Gasteiger partial charge in [0.25, 0.3) is 0 Å². The van der Waals surface area contributed by atoms with Crippen LogP contribution in [0.5, 0.6) is 0 Å². The second-order valence-electron chi connectivity index (χ2n) is 5.71. The van der Waals surface area contributed by atoms with Crippen molar-refractivity contribution >= 4 is 70.8 Å². The van der Waals surface area contributed by atoms with Crippen molar-refractivity contribution in [1.82, 2.24) is 10.6 Å². The van der Waals surface area contributed by atoms with Gasteiger partial charge in [-0.3, -0.25) is 10.1 Å². The Morgan fingerprint density at radius 2 is 2.08 bits per heavy atom. The molecule has 2 fully saturated rings. The highest BCUT2D eigenvalue weighted by molar-refractivity contribution is 8.23. The molecular formula is C15H28N2O2P2S4. The molecular weight excluding hydrogens is 430 g/mol. The SMILES string of the molecule is O=C(CC1SCCCS1)NCPC1CSC(=CCC(O)NCP)SC1. The molecule has 1 amide bonds. The molecule has 0 saturated carbocycles. The van der Waals surface area contributed by atoms with Crippen LogP contribution in [0.15, 0.2) is 10.3 Å². The van der Waals surface area contributed by atoms with Gasteiger partial charge < -0.3 is 10.4 Å². The van der Waals surface area contributed by atoms with Crippen molar-refractivity contribution in [2.24, 2.45) is 0 Å². The number of hydrogen-bond acceptors (Lipinski definition) is 7. The number of aliphatic hydroxyl groups excluding tert-OH is 1. The lowest BCUT2D eigenvalue weighted by Gasteiger charge is -2.24. The number of hydrogen-bond donors (Lipinski definition) is 3. The third-order valence-electron chi connectivity index (χ3n) is 3.64. The summed E-state index contributed by atoms with van der Waals surface area (Å²) < 4.78 is 1.78. The number of thioether (sulfide) groups is 4. The number of amides is 1. The molecule has 2 saturated heterocycles. The highest BCUT2D eigenvalue weighted by Crippen LogP contribution is 2.40. The van der Waals surface area contributed by atoms with E-state index in [9.17, 15) is 9.90 Å². The predicted molar refractivity (Wildman–Crippen MR) is 124 cm³/mol. The second kappa shape index (κ2) is 13.5. The summed E-state index contributed by atoms with van der Waals surface area (Å²) in [6.45, 7) is 0. The lowest BCUT2D eigenvalue weighted by atomic mass is 10.4. The van der Waals surface area contributed by atoms with E-state index in [0.717, 1.165) is 26.4 Å². The second-order valence-corrected chi connectivity index (χ2v) is 13.0. The molecule has 4 nitrogen and oxygen atoms in total. The van der Waals surface area contributed by atoms with Crippen LogP contribution in [0.3, 0.4) is 0 Å². The predicted octanol–water partition coefficient (Wildman–Crippen LogP) is 3.15.